The number of alkyl halides is 6. The number of nitrogen functional groups attached to an aromatic ring is 8. The van der Waals surface area contributed by atoms with Gasteiger partial charge >= 0.3 is 12.4 Å². The highest BCUT2D eigenvalue weighted by molar-refractivity contribution is 9.11. The SMILES string of the molecule is Nc1c(Br)cc(-c2cc(Br)c(N)c(Br)c2)cc1Br.Nc1ccc(-c2ccc(N)cc2C(F)(F)F)c(C(F)(F)F)c1.Nc1ccc(-c2ccc(N)cc2Cl)c(Cl)c1.Nc1ccc2c(c1)C(=O)c1cc(N)ccc1-2. The predicted octanol–water partition coefficient (Wildman–Crippen LogP) is 16.0. The normalized spacial score (nSPS) is 11.5. The van der Waals surface area contributed by atoms with Crippen LogP contribution in [0.5, 0.6) is 0 Å². The molecule has 0 saturated carbocycles. The van der Waals surface area contributed by atoms with Crippen molar-refractivity contribution in [2.24, 2.45) is 0 Å². The summed E-state index contributed by atoms with van der Waals surface area (Å²) in [4.78, 5) is 12.1. The summed E-state index contributed by atoms with van der Waals surface area (Å²) in [7, 11) is 0. The second-order valence-electron chi connectivity index (χ2n) is 15.7. The smallest absolute Gasteiger partial charge is 0.399 e. The van der Waals surface area contributed by atoms with Crippen LogP contribution in [0, 0.1) is 0 Å². The van der Waals surface area contributed by atoms with Crippen LogP contribution in [0.1, 0.15) is 27.0 Å². The van der Waals surface area contributed by atoms with Gasteiger partial charge in [0.05, 0.1) is 32.5 Å². The molecule has 0 amide bonds. The molecule has 0 saturated heterocycles. The average Bonchev–Trinajstić information content (AvgIpc) is 3.56. The van der Waals surface area contributed by atoms with Crippen molar-refractivity contribution in [1.82, 2.24) is 0 Å². The van der Waals surface area contributed by atoms with Crippen LogP contribution in [0.25, 0.3) is 44.5 Å². The number of hydrogen-bond donors (Lipinski definition) is 8. The van der Waals surface area contributed by atoms with Crippen LogP contribution in [-0.2, 0) is 12.4 Å². The van der Waals surface area contributed by atoms with E-state index in [-0.39, 0.29) is 17.2 Å². The fourth-order valence-corrected chi connectivity index (χ4v) is 10.1. The summed E-state index contributed by atoms with van der Waals surface area (Å²) in [6.45, 7) is 0. The lowest BCUT2D eigenvalue weighted by atomic mass is 9.94. The number of benzene rings is 8. The number of ketones is 1. The zero-order valence-electron chi connectivity index (χ0n) is 36.8. The molecule has 0 bridgehead atoms. The van der Waals surface area contributed by atoms with E-state index in [2.05, 4.69) is 63.7 Å². The standard InChI is InChI=1S/C14H10F6N2.C13H10N2O.C12H8Br4N2.C12H10Cl2N2/c15-13(16,17)11-5-7(21)1-3-9(11)10-4-2-8(22)6-12(10)14(18,19)20;14-7-1-3-9-10-4-2-8(15)6-12(10)13(16)11(9)5-7;13-7-1-5(2-8(14)11(7)17)6-3-9(15)12(18)10(16)4-6;13-11-5-7(15)1-3-9(11)10-4-2-8(16)6-12(10)14/h1-6H,21-22H2;1-6H,14-15H2;1-4H,17-18H2;1-6H,15-16H2. The molecule has 0 spiro atoms. The molecule has 0 unspecified atom stereocenters. The van der Waals surface area contributed by atoms with Gasteiger partial charge in [0.1, 0.15) is 0 Å². The maximum absolute atomic E-state index is 13.1. The number of rotatable bonds is 3. The van der Waals surface area contributed by atoms with Crippen molar-refractivity contribution in [3.8, 4) is 44.5 Å². The van der Waals surface area contributed by atoms with Gasteiger partial charge in [-0.2, -0.15) is 26.3 Å². The van der Waals surface area contributed by atoms with Crippen LogP contribution in [-0.4, -0.2) is 5.78 Å². The van der Waals surface area contributed by atoms with Crippen molar-refractivity contribution in [3.05, 3.63) is 184 Å². The van der Waals surface area contributed by atoms with Crippen LogP contribution in [0.3, 0.4) is 0 Å². The third-order valence-electron chi connectivity index (χ3n) is 10.6. The Morgan fingerprint density at radius 3 is 0.861 bits per heavy atom. The summed E-state index contributed by atoms with van der Waals surface area (Å²) in [5, 5.41) is 1.15. The molecule has 0 atom stereocenters. The molecule has 1 aliphatic carbocycles. The minimum atomic E-state index is -4.84. The van der Waals surface area contributed by atoms with Gasteiger partial charge in [-0.3, -0.25) is 4.79 Å². The third-order valence-corrected chi connectivity index (χ3v) is 13.9. The average molecular weight is 1280 g/mol. The number of carbonyl (C=O) groups excluding carboxylic acids is 1. The Labute approximate surface area is 452 Å². The maximum atomic E-state index is 13.1. The second kappa shape index (κ2) is 22.4. The molecule has 0 aliphatic heterocycles. The summed E-state index contributed by atoms with van der Waals surface area (Å²) in [6.07, 6.45) is -9.68. The molecule has 72 heavy (non-hydrogen) atoms. The molecule has 0 fully saturated rings. The summed E-state index contributed by atoms with van der Waals surface area (Å²) < 4.78 is 81.8. The Bertz CT molecular complexity index is 3130. The van der Waals surface area contributed by atoms with E-state index in [9.17, 15) is 31.1 Å². The Morgan fingerprint density at radius 1 is 0.333 bits per heavy atom. The number of carbonyl (C=O) groups is 1. The van der Waals surface area contributed by atoms with E-state index in [0.29, 0.717) is 67.4 Å². The number of fused-ring (bicyclic) bond motifs is 3. The van der Waals surface area contributed by atoms with Gasteiger partial charge in [0.25, 0.3) is 0 Å². The Balaban J connectivity index is 0.000000158. The van der Waals surface area contributed by atoms with Gasteiger partial charge in [0.2, 0.25) is 0 Å². The maximum Gasteiger partial charge on any atom is 0.417 e. The molecule has 16 N–H and O–H groups in total. The highest BCUT2D eigenvalue weighted by atomic mass is 79.9. The first-order valence-corrected chi connectivity index (χ1v) is 24.4. The van der Waals surface area contributed by atoms with Gasteiger partial charge in [-0.05, 0) is 194 Å². The zero-order valence-corrected chi connectivity index (χ0v) is 44.6. The highest BCUT2D eigenvalue weighted by Crippen LogP contribution is 2.45. The van der Waals surface area contributed by atoms with Crippen LogP contribution in [0.15, 0.2) is 151 Å². The molecule has 8 aromatic rings. The molecular formula is C51H38Br4Cl2F6N8O. The van der Waals surface area contributed by atoms with Crippen molar-refractivity contribution in [2.75, 3.05) is 45.9 Å². The van der Waals surface area contributed by atoms with Gasteiger partial charge in [-0.1, -0.05) is 59.6 Å². The quantitative estimate of drug-likeness (QED) is 0.0621. The molecule has 0 aromatic heterocycles. The fourth-order valence-electron chi connectivity index (χ4n) is 7.18. The van der Waals surface area contributed by atoms with Gasteiger partial charge in [-0.25, -0.2) is 0 Å². The molecule has 9 nitrogen and oxygen atoms in total. The fraction of sp³-hybridized carbons (Fsp3) is 0.0392. The van der Waals surface area contributed by atoms with Crippen LogP contribution < -0.4 is 45.9 Å². The molecule has 8 aromatic carbocycles. The molecule has 0 radical (unpaired) electrons. The minimum Gasteiger partial charge on any atom is -0.399 e. The Hall–Kier alpha value is -6.09. The van der Waals surface area contributed by atoms with Crippen molar-refractivity contribution < 1.29 is 31.1 Å². The van der Waals surface area contributed by atoms with Crippen LogP contribution >= 0.6 is 86.9 Å². The summed E-state index contributed by atoms with van der Waals surface area (Å²) in [6, 6.07) is 34.6. The first-order chi connectivity index (χ1) is 33.6. The van der Waals surface area contributed by atoms with Crippen LogP contribution in [0.2, 0.25) is 10.0 Å². The molecule has 0 heterocycles. The first kappa shape index (κ1) is 55.2. The summed E-state index contributed by atoms with van der Waals surface area (Å²) in [5.41, 5.74) is 51.8. The van der Waals surface area contributed by atoms with Crippen molar-refractivity contribution in [2.45, 2.75) is 12.4 Å². The lowest BCUT2D eigenvalue weighted by molar-refractivity contribution is -0.139. The van der Waals surface area contributed by atoms with Crippen molar-refractivity contribution in [3.63, 3.8) is 0 Å². The van der Waals surface area contributed by atoms with Gasteiger partial charge in [-0.15, -0.1) is 0 Å². The van der Waals surface area contributed by atoms with Gasteiger partial charge < -0.3 is 45.9 Å². The zero-order chi connectivity index (χ0) is 53.1. The highest BCUT2D eigenvalue weighted by Gasteiger charge is 2.38. The second-order valence-corrected chi connectivity index (χ2v) is 20.0. The van der Waals surface area contributed by atoms with E-state index in [1.807, 2.05) is 48.5 Å². The van der Waals surface area contributed by atoms with E-state index < -0.39 is 34.6 Å². The monoisotopic (exact) mass is 1280 g/mol. The lowest BCUT2D eigenvalue weighted by Gasteiger charge is -2.18. The van der Waals surface area contributed by atoms with Crippen molar-refractivity contribution >= 4 is 138 Å². The van der Waals surface area contributed by atoms with E-state index in [4.69, 9.17) is 69.1 Å². The predicted molar refractivity (Wildman–Crippen MR) is 297 cm³/mol. The molecule has 372 valence electrons. The Kier molecular flexibility index (Phi) is 17.1. The topological polar surface area (TPSA) is 225 Å². The van der Waals surface area contributed by atoms with Crippen molar-refractivity contribution in [1.29, 1.82) is 0 Å². The Morgan fingerprint density at radius 2 is 0.583 bits per heavy atom. The van der Waals surface area contributed by atoms with Crippen LogP contribution in [0.4, 0.5) is 71.8 Å². The first-order valence-electron chi connectivity index (χ1n) is 20.5. The van der Waals surface area contributed by atoms with E-state index in [0.717, 1.165) is 75.5 Å². The number of hydrogen-bond acceptors (Lipinski definition) is 9. The summed E-state index contributed by atoms with van der Waals surface area (Å²) in [5.74, 6) is 0.00426. The van der Waals surface area contributed by atoms with Gasteiger partial charge in [0.15, 0.2) is 5.78 Å². The minimum absolute atomic E-state index is 0.00426. The van der Waals surface area contributed by atoms with E-state index in [1.165, 1.54) is 0 Å². The molecule has 21 heteroatoms. The largest absolute Gasteiger partial charge is 0.417 e. The third kappa shape index (κ3) is 12.9. The molecule has 1 aliphatic rings. The molecular weight excluding hydrogens is 1250 g/mol. The van der Waals surface area contributed by atoms with E-state index in [1.54, 1.807) is 48.5 Å². The number of nitrogens with two attached hydrogens (primary N) is 8. The number of halogens is 12. The van der Waals surface area contributed by atoms with E-state index >= 15 is 0 Å². The molecule has 9 rings (SSSR count). The lowest BCUT2D eigenvalue weighted by Crippen LogP contribution is -2.12. The number of anilines is 8. The summed E-state index contributed by atoms with van der Waals surface area (Å²) >= 11 is 26.0. The van der Waals surface area contributed by atoms with Gasteiger partial charge in [0, 0.05) is 74.3 Å².